The quantitative estimate of drug-likeness (QED) is 0.616. The van der Waals surface area contributed by atoms with Crippen LogP contribution in [-0.2, 0) is 25.5 Å². The van der Waals surface area contributed by atoms with Crippen LogP contribution in [0.1, 0.15) is 38.3 Å². The molecular formula is C18H25N5O5S. The number of rotatable bonds is 6. The van der Waals surface area contributed by atoms with E-state index in [9.17, 15) is 19.2 Å². The van der Waals surface area contributed by atoms with E-state index in [0.29, 0.717) is 56.2 Å². The van der Waals surface area contributed by atoms with Crippen LogP contribution in [0.15, 0.2) is 5.38 Å². The lowest BCUT2D eigenvalue weighted by Crippen LogP contribution is -2.47. The van der Waals surface area contributed by atoms with Gasteiger partial charge < -0.3 is 25.6 Å². The van der Waals surface area contributed by atoms with E-state index in [0.717, 1.165) is 0 Å². The molecule has 10 nitrogen and oxygen atoms in total. The van der Waals surface area contributed by atoms with Crippen LogP contribution in [0.4, 0.5) is 9.93 Å². The van der Waals surface area contributed by atoms with Crippen LogP contribution < -0.4 is 16.0 Å². The average Bonchev–Trinajstić information content (AvgIpc) is 3.31. The third kappa shape index (κ3) is 5.89. The molecule has 0 radical (unpaired) electrons. The Morgan fingerprint density at radius 3 is 2.72 bits per heavy atom. The number of thiazole rings is 1. The zero-order chi connectivity index (χ0) is 20.8. The van der Waals surface area contributed by atoms with E-state index in [-0.39, 0.29) is 36.3 Å². The number of hydrogen-bond donors (Lipinski definition) is 3. The lowest BCUT2D eigenvalue weighted by atomic mass is 10.1. The molecule has 3 N–H and O–H groups in total. The van der Waals surface area contributed by atoms with Crippen LogP contribution in [0.2, 0.25) is 0 Å². The molecule has 1 atom stereocenters. The first-order chi connectivity index (χ1) is 13.9. The largest absolute Gasteiger partial charge is 0.450 e. The number of nitrogens with one attached hydrogen (secondary N) is 3. The van der Waals surface area contributed by atoms with E-state index >= 15 is 0 Å². The van der Waals surface area contributed by atoms with Crippen molar-refractivity contribution in [3.63, 3.8) is 0 Å². The van der Waals surface area contributed by atoms with Crippen LogP contribution in [0, 0.1) is 0 Å². The number of aromatic nitrogens is 1. The van der Waals surface area contributed by atoms with Crippen molar-refractivity contribution in [3.05, 3.63) is 11.1 Å². The van der Waals surface area contributed by atoms with Crippen LogP contribution in [0.5, 0.6) is 0 Å². The molecule has 2 fully saturated rings. The molecule has 4 amide bonds. The normalized spacial score (nSPS) is 19.6. The van der Waals surface area contributed by atoms with Gasteiger partial charge in [0.2, 0.25) is 17.7 Å². The van der Waals surface area contributed by atoms with Gasteiger partial charge in [-0.2, -0.15) is 0 Å². The molecule has 29 heavy (non-hydrogen) atoms. The number of piperidine rings is 1. The Labute approximate surface area is 172 Å². The van der Waals surface area contributed by atoms with Crippen molar-refractivity contribution in [1.82, 2.24) is 20.5 Å². The molecule has 0 aromatic carbocycles. The second kappa shape index (κ2) is 9.68. The molecule has 0 bridgehead atoms. The molecule has 11 heteroatoms. The number of anilines is 1. The highest BCUT2D eigenvalue weighted by atomic mass is 32.1. The Balaban J connectivity index is 1.41. The Kier molecular flexibility index (Phi) is 7.02. The van der Waals surface area contributed by atoms with Gasteiger partial charge in [0.25, 0.3) is 0 Å². The Morgan fingerprint density at radius 1 is 1.31 bits per heavy atom. The number of likely N-dealkylation sites (tertiary alicyclic amines) is 1. The molecular weight excluding hydrogens is 398 g/mol. The number of carbonyl (C=O) groups is 4. The molecule has 1 aromatic heterocycles. The van der Waals surface area contributed by atoms with Gasteiger partial charge in [-0.3, -0.25) is 14.4 Å². The SMILES string of the molecule is CCOC(=O)N1CCC(NC(=O)Cc2csc(NC(=O)C3CCC(=O)N3)n2)CC1. The molecule has 2 saturated heterocycles. The number of nitrogens with zero attached hydrogens (tertiary/aromatic N) is 2. The van der Waals surface area contributed by atoms with Crippen LogP contribution in [0.3, 0.4) is 0 Å². The maximum absolute atomic E-state index is 12.3. The molecule has 0 spiro atoms. The molecule has 0 saturated carbocycles. The first kappa shape index (κ1) is 21.0. The fourth-order valence-corrected chi connectivity index (χ4v) is 4.03. The molecule has 2 aliphatic heterocycles. The fourth-order valence-electron chi connectivity index (χ4n) is 3.31. The van der Waals surface area contributed by atoms with E-state index < -0.39 is 6.04 Å². The zero-order valence-corrected chi connectivity index (χ0v) is 17.0. The predicted molar refractivity (Wildman–Crippen MR) is 105 cm³/mol. The molecule has 158 valence electrons. The van der Waals surface area contributed by atoms with Crippen molar-refractivity contribution in [2.24, 2.45) is 0 Å². The topological polar surface area (TPSA) is 130 Å². The van der Waals surface area contributed by atoms with Gasteiger partial charge in [0.05, 0.1) is 18.7 Å². The van der Waals surface area contributed by atoms with E-state index in [1.165, 1.54) is 11.3 Å². The van der Waals surface area contributed by atoms with Crippen molar-refractivity contribution in [2.45, 2.75) is 51.1 Å². The summed E-state index contributed by atoms with van der Waals surface area (Å²) in [5.41, 5.74) is 0.571. The summed E-state index contributed by atoms with van der Waals surface area (Å²) in [4.78, 5) is 53.2. The molecule has 3 rings (SSSR count). The first-order valence-corrected chi connectivity index (χ1v) is 10.6. The summed E-state index contributed by atoms with van der Waals surface area (Å²) in [5.74, 6) is -0.574. The Bertz CT molecular complexity index is 774. The van der Waals surface area contributed by atoms with Gasteiger partial charge >= 0.3 is 6.09 Å². The Hall–Kier alpha value is -2.69. The minimum atomic E-state index is -0.529. The lowest BCUT2D eigenvalue weighted by Gasteiger charge is -2.31. The summed E-state index contributed by atoms with van der Waals surface area (Å²) in [5, 5.41) is 10.4. The van der Waals surface area contributed by atoms with E-state index in [1.807, 2.05) is 0 Å². The van der Waals surface area contributed by atoms with Crippen LogP contribution in [-0.4, -0.2) is 65.5 Å². The minimum Gasteiger partial charge on any atom is -0.450 e. The summed E-state index contributed by atoms with van der Waals surface area (Å²) in [6.07, 6.45) is 1.98. The van der Waals surface area contributed by atoms with Gasteiger partial charge in [0, 0.05) is 30.9 Å². The van der Waals surface area contributed by atoms with Crippen molar-refractivity contribution in [1.29, 1.82) is 0 Å². The minimum absolute atomic E-state index is 0.0111. The molecule has 1 aromatic rings. The monoisotopic (exact) mass is 423 g/mol. The standard InChI is InChI=1S/C18H25N5O5S/c1-2-28-18(27)23-7-5-11(6-8-23)19-15(25)9-12-10-29-17(20-12)22-16(26)13-3-4-14(24)21-13/h10-11,13H,2-9H2,1H3,(H,19,25)(H,21,24)(H,20,22,26). The highest BCUT2D eigenvalue weighted by Crippen LogP contribution is 2.18. The Morgan fingerprint density at radius 2 is 2.07 bits per heavy atom. The van der Waals surface area contributed by atoms with E-state index in [1.54, 1.807) is 17.2 Å². The van der Waals surface area contributed by atoms with Crippen LogP contribution >= 0.6 is 11.3 Å². The smallest absolute Gasteiger partial charge is 0.409 e. The van der Waals surface area contributed by atoms with Gasteiger partial charge in [-0.1, -0.05) is 0 Å². The third-order valence-corrected chi connectivity index (χ3v) is 5.63. The first-order valence-electron chi connectivity index (χ1n) is 9.70. The fraction of sp³-hybridized carbons (Fsp3) is 0.611. The molecule has 2 aliphatic rings. The lowest BCUT2D eigenvalue weighted by molar-refractivity contribution is -0.122. The second-order valence-electron chi connectivity index (χ2n) is 7.00. The maximum Gasteiger partial charge on any atom is 0.409 e. The number of amides is 4. The van der Waals surface area contributed by atoms with Crippen molar-refractivity contribution in [2.75, 3.05) is 25.0 Å². The molecule has 0 aliphatic carbocycles. The molecule has 1 unspecified atom stereocenters. The van der Waals surface area contributed by atoms with Crippen molar-refractivity contribution in [3.8, 4) is 0 Å². The zero-order valence-electron chi connectivity index (χ0n) is 16.2. The summed E-state index contributed by atoms with van der Waals surface area (Å²) >= 11 is 1.24. The van der Waals surface area contributed by atoms with Crippen molar-refractivity contribution >= 4 is 40.3 Å². The van der Waals surface area contributed by atoms with Crippen LogP contribution in [0.25, 0.3) is 0 Å². The summed E-state index contributed by atoms with van der Waals surface area (Å²) < 4.78 is 4.99. The number of carbonyl (C=O) groups excluding carboxylic acids is 4. The van der Waals surface area contributed by atoms with Crippen molar-refractivity contribution < 1.29 is 23.9 Å². The van der Waals surface area contributed by atoms with Gasteiger partial charge in [0.15, 0.2) is 5.13 Å². The summed E-state index contributed by atoms with van der Waals surface area (Å²) in [7, 11) is 0. The number of ether oxygens (including phenoxy) is 1. The molecule has 3 heterocycles. The highest BCUT2D eigenvalue weighted by molar-refractivity contribution is 7.13. The summed E-state index contributed by atoms with van der Waals surface area (Å²) in [6.45, 7) is 3.22. The maximum atomic E-state index is 12.3. The van der Waals surface area contributed by atoms with Gasteiger partial charge in [-0.25, -0.2) is 9.78 Å². The van der Waals surface area contributed by atoms with E-state index in [2.05, 4.69) is 20.9 Å². The third-order valence-electron chi connectivity index (χ3n) is 4.82. The average molecular weight is 423 g/mol. The summed E-state index contributed by atoms with van der Waals surface area (Å²) in [6, 6.07) is -0.518. The van der Waals surface area contributed by atoms with Gasteiger partial charge in [-0.15, -0.1) is 11.3 Å². The highest BCUT2D eigenvalue weighted by Gasteiger charge is 2.28. The van der Waals surface area contributed by atoms with Gasteiger partial charge in [-0.05, 0) is 26.2 Å². The second-order valence-corrected chi connectivity index (χ2v) is 7.85. The van der Waals surface area contributed by atoms with Gasteiger partial charge in [0.1, 0.15) is 6.04 Å². The predicted octanol–water partition coefficient (Wildman–Crippen LogP) is 0.640. The van der Waals surface area contributed by atoms with E-state index in [4.69, 9.17) is 4.74 Å². The number of hydrogen-bond acceptors (Lipinski definition) is 7.